The highest BCUT2D eigenvalue weighted by atomic mass is 16.3. The van der Waals surface area contributed by atoms with E-state index < -0.39 is 5.41 Å². The van der Waals surface area contributed by atoms with Crippen molar-refractivity contribution < 1.29 is 4.42 Å². The molecule has 9 aromatic carbocycles. The van der Waals surface area contributed by atoms with Gasteiger partial charge in [0.1, 0.15) is 11.2 Å². The molecule has 3 heteroatoms. The fourth-order valence-corrected chi connectivity index (χ4v) is 9.68. The van der Waals surface area contributed by atoms with Crippen LogP contribution in [0.1, 0.15) is 22.3 Å². The maximum atomic E-state index is 6.42. The van der Waals surface area contributed by atoms with Crippen LogP contribution in [-0.2, 0) is 5.41 Å². The van der Waals surface area contributed by atoms with Crippen molar-refractivity contribution in [1.29, 1.82) is 0 Å². The Morgan fingerprint density at radius 2 is 0.900 bits per heavy atom. The first-order chi connectivity index (χ1) is 29.7. The Morgan fingerprint density at radius 1 is 0.350 bits per heavy atom. The molecule has 0 bridgehead atoms. The van der Waals surface area contributed by atoms with Crippen LogP contribution in [0.2, 0.25) is 0 Å². The smallest absolute Gasteiger partial charge is 0.161 e. The summed E-state index contributed by atoms with van der Waals surface area (Å²) in [7, 11) is 0. The summed E-state index contributed by atoms with van der Waals surface area (Å²) in [5.74, 6) is 0.691. The number of nitrogens with zero attached hydrogens (tertiary/aromatic N) is 2. The molecular formula is C57H36N2O. The maximum absolute atomic E-state index is 6.42. The summed E-state index contributed by atoms with van der Waals surface area (Å²) in [6.45, 7) is 0. The van der Waals surface area contributed by atoms with Gasteiger partial charge < -0.3 is 4.42 Å². The van der Waals surface area contributed by atoms with Crippen LogP contribution >= 0.6 is 0 Å². The monoisotopic (exact) mass is 764 g/mol. The summed E-state index contributed by atoms with van der Waals surface area (Å²) in [5, 5.41) is 4.52. The van der Waals surface area contributed by atoms with Gasteiger partial charge in [0.25, 0.3) is 0 Å². The van der Waals surface area contributed by atoms with E-state index in [-0.39, 0.29) is 0 Å². The fourth-order valence-electron chi connectivity index (χ4n) is 9.68. The zero-order valence-electron chi connectivity index (χ0n) is 32.6. The molecule has 0 radical (unpaired) electrons. The number of furan rings is 1. The zero-order chi connectivity index (χ0) is 39.6. The third-order valence-corrected chi connectivity index (χ3v) is 12.4. The lowest BCUT2D eigenvalue weighted by Gasteiger charge is -2.34. The number of aromatic nitrogens is 2. The van der Waals surface area contributed by atoms with E-state index in [1.807, 2.05) is 12.1 Å². The number of hydrogen-bond donors (Lipinski definition) is 0. The summed E-state index contributed by atoms with van der Waals surface area (Å²) in [5.41, 5.74) is 15.7. The van der Waals surface area contributed by atoms with Gasteiger partial charge in [0.2, 0.25) is 0 Å². The summed E-state index contributed by atoms with van der Waals surface area (Å²) >= 11 is 0. The van der Waals surface area contributed by atoms with Crippen LogP contribution in [0.5, 0.6) is 0 Å². The van der Waals surface area contributed by atoms with Gasteiger partial charge in [0, 0.05) is 33.0 Å². The summed E-state index contributed by atoms with van der Waals surface area (Å²) in [6.07, 6.45) is 0. The van der Waals surface area contributed by atoms with E-state index in [9.17, 15) is 0 Å². The zero-order valence-corrected chi connectivity index (χ0v) is 32.6. The highest BCUT2D eigenvalue weighted by molar-refractivity contribution is 6.09. The van der Waals surface area contributed by atoms with Crippen LogP contribution < -0.4 is 0 Å². The van der Waals surface area contributed by atoms with Gasteiger partial charge in [-0.2, -0.15) is 0 Å². The first-order valence-corrected chi connectivity index (χ1v) is 20.5. The molecule has 0 saturated carbocycles. The van der Waals surface area contributed by atoms with E-state index in [0.29, 0.717) is 5.82 Å². The van der Waals surface area contributed by atoms with Crippen molar-refractivity contribution in [2.24, 2.45) is 0 Å². The molecule has 0 fully saturated rings. The molecule has 11 aromatic rings. The molecule has 12 rings (SSSR count). The molecule has 280 valence electrons. The predicted molar refractivity (Wildman–Crippen MR) is 246 cm³/mol. The maximum Gasteiger partial charge on any atom is 0.161 e. The van der Waals surface area contributed by atoms with Crippen LogP contribution in [0.25, 0.3) is 88.9 Å². The van der Waals surface area contributed by atoms with E-state index in [1.54, 1.807) is 0 Å². The molecule has 60 heavy (non-hydrogen) atoms. The second-order valence-electron chi connectivity index (χ2n) is 15.6. The minimum absolute atomic E-state index is 0.517. The lowest BCUT2D eigenvalue weighted by molar-refractivity contribution is 0.670. The molecule has 0 N–H and O–H groups in total. The molecule has 2 aromatic heterocycles. The number of benzene rings is 9. The average Bonchev–Trinajstić information content (AvgIpc) is 3.86. The second kappa shape index (κ2) is 13.6. The largest absolute Gasteiger partial charge is 0.455 e. The lowest BCUT2D eigenvalue weighted by Crippen LogP contribution is -2.28. The van der Waals surface area contributed by atoms with Gasteiger partial charge in [-0.05, 0) is 67.9 Å². The SMILES string of the molecule is c1ccc(C2(c3ccccc3)c3ccccc3-c3ccc(-c4cc(-c5ccc(-c6cccc7c6oc6ccccc67)cc5)nc(-c5cccc6ccccc56)n4)cc32)cc1. The van der Waals surface area contributed by atoms with Crippen molar-refractivity contribution in [3.63, 3.8) is 0 Å². The topological polar surface area (TPSA) is 38.9 Å². The van der Waals surface area contributed by atoms with Crippen LogP contribution in [0.15, 0.2) is 223 Å². The molecule has 3 nitrogen and oxygen atoms in total. The van der Waals surface area contributed by atoms with Crippen LogP contribution in [0.4, 0.5) is 0 Å². The molecular weight excluding hydrogens is 729 g/mol. The Balaban J connectivity index is 1.05. The van der Waals surface area contributed by atoms with E-state index in [4.69, 9.17) is 14.4 Å². The molecule has 0 amide bonds. The van der Waals surface area contributed by atoms with Gasteiger partial charge >= 0.3 is 0 Å². The van der Waals surface area contributed by atoms with Gasteiger partial charge in [-0.25, -0.2) is 9.97 Å². The predicted octanol–water partition coefficient (Wildman–Crippen LogP) is 14.6. The van der Waals surface area contributed by atoms with E-state index in [1.165, 1.54) is 33.4 Å². The minimum atomic E-state index is -0.517. The molecule has 0 spiro atoms. The Kier molecular flexibility index (Phi) is 7.76. The molecule has 0 saturated heterocycles. The number of hydrogen-bond acceptors (Lipinski definition) is 3. The van der Waals surface area contributed by atoms with Gasteiger partial charge in [-0.15, -0.1) is 0 Å². The Hall–Kier alpha value is -7.88. The Bertz CT molecular complexity index is 3380. The van der Waals surface area contributed by atoms with E-state index in [2.05, 4.69) is 206 Å². The Labute approximate surface area is 347 Å². The molecule has 1 aliphatic carbocycles. The highest BCUT2D eigenvalue weighted by Gasteiger charge is 2.46. The van der Waals surface area contributed by atoms with Crippen molar-refractivity contribution >= 4 is 32.7 Å². The molecule has 0 unspecified atom stereocenters. The van der Waals surface area contributed by atoms with Crippen LogP contribution in [-0.4, -0.2) is 9.97 Å². The molecule has 2 heterocycles. The van der Waals surface area contributed by atoms with Gasteiger partial charge in [-0.1, -0.05) is 200 Å². The number of fused-ring (bicyclic) bond motifs is 7. The minimum Gasteiger partial charge on any atom is -0.455 e. The van der Waals surface area contributed by atoms with E-state index >= 15 is 0 Å². The van der Waals surface area contributed by atoms with Gasteiger partial charge in [-0.3, -0.25) is 0 Å². The van der Waals surface area contributed by atoms with Crippen molar-refractivity contribution in [3.8, 4) is 56.2 Å². The summed E-state index contributed by atoms with van der Waals surface area (Å²) < 4.78 is 6.42. The molecule has 1 aliphatic rings. The summed E-state index contributed by atoms with van der Waals surface area (Å²) in [4.78, 5) is 10.7. The third-order valence-electron chi connectivity index (χ3n) is 12.4. The first-order valence-electron chi connectivity index (χ1n) is 20.5. The number of rotatable bonds is 6. The van der Waals surface area contributed by atoms with Crippen molar-refractivity contribution in [1.82, 2.24) is 9.97 Å². The quantitative estimate of drug-likeness (QED) is 0.169. The normalized spacial score (nSPS) is 12.8. The lowest BCUT2D eigenvalue weighted by atomic mass is 9.67. The highest BCUT2D eigenvalue weighted by Crippen LogP contribution is 2.56. The average molecular weight is 765 g/mol. The molecule has 0 aliphatic heterocycles. The standard InChI is InChI=1S/C57H36N2O/c1-3-17-41(18-4-1)57(42-19-5-2-6-20-42)50-27-11-9-22-45(50)46-34-33-40(35-51(46)57)53-36-52(58-56(59-53)49-26-13-16-37-15-7-8-21-43(37)49)39-31-29-38(30-32-39)44-24-14-25-48-47-23-10-12-28-54(47)60-55(44)48/h1-36H. The summed E-state index contributed by atoms with van der Waals surface area (Å²) in [6, 6.07) is 78.0. The van der Waals surface area contributed by atoms with Crippen LogP contribution in [0.3, 0.4) is 0 Å². The van der Waals surface area contributed by atoms with Crippen LogP contribution in [0, 0.1) is 0 Å². The van der Waals surface area contributed by atoms with Crippen molar-refractivity contribution in [3.05, 3.63) is 241 Å². The first kappa shape index (κ1) is 34.2. The van der Waals surface area contributed by atoms with Crippen molar-refractivity contribution in [2.45, 2.75) is 5.41 Å². The number of para-hydroxylation sites is 2. The second-order valence-corrected chi connectivity index (χ2v) is 15.6. The van der Waals surface area contributed by atoms with Gasteiger partial charge in [0.15, 0.2) is 5.82 Å². The Morgan fingerprint density at radius 3 is 1.70 bits per heavy atom. The van der Waals surface area contributed by atoms with Gasteiger partial charge in [0.05, 0.1) is 16.8 Å². The van der Waals surface area contributed by atoms with Crippen molar-refractivity contribution in [2.75, 3.05) is 0 Å². The third kappa shape index (κ3) is 5.23. The molecule has 0 atom stereocenters. The van der Waals surface area contributed by atoms with E-state index in [0.717, 1.165) is 71.9 Å². The fraction of sp³-hybridized carbons (Fsp3) is 0.0175.